The van der Waals surface area contributed by atoms with Gasteiger partial charge in [0.1, 0.15) is 23.2 Å². The van der Waals surface area contributed by atoms with Gasteiger partial charge in [-0.2, -0.15) is 13.5 Å². The predicted octanol–water partition coefficient (Wildman–Crippen LogP) is 3.83. The summed E-state index contributed by atoms with van der Waals surface area (Å²) in [6.45, 7) is 5.54. The van der Waals surface area contributed by atoms with E-state index in [0.717, 1.165) is 41.3 Å². The van der Waals surface area contributed by atoms with Crippen LogP contribution in [0, 0.1) is 12.7 Å². The number of benzene rings is 2. The van der Waals surface area contributed by atoms with E-state index in [1.54, 1.807) is 17.0 Å². The lowest BCUT2D eigenvalue weighted by Gasteiger charge is -2.30. The molecule has 10 heteroatoms. The number of anilines is 2. The van der Waals surface area contributed by atoms with E-state index in [-0.39, 0.29) is 31.1 Å². The van der Waals surface area contributed by atoms with Gasteiger partial charge >= 0.3 is 0 Å². The number of hydrogen-bond donors (Lipinski definition) is 3. The SMILES string of the molecule is CC(=O)NCCCC[C@H](N)C(=O)N1CCn2c(nc(-c3ccc(F)cc3)c2Nc2ccc(C)cc2)C1.S. The number of hydrogen-bond acceptors (Lipinski definition) is 5. The second-order valence-electron chi connectivity index (χ2n) is 9.22. The second-order valence-corrected chi connectivity index (χ2v) is 9.22. The summed E-state index contributed by atoms with van der Waals surface area (Å²) in [5, 5.41) is 6.24. The fourth-order valence-corrected chi connectivity index (χ4v) is 4.34. The number of unbranched alkanes of at least 4 members (excludes halogenated alkanes) is 1. The molecule has 0 radical (unpaired) electrons. The van der Waals surface area contributed by atoms with Gasteiger partial charge < -0.3 is 25.8 Å². The maximum Gasteiger partial charge on any atom is 0.239 e. The molecule has 198 valence electrons. The fraction of sp³-hybridized carbons (Fsp3) is 0.370. The van der Waals surface area contributed by atoms with Crippen molar-refractivity contribution in [3.63, 3.8) is 0 Å². The maximum absolute atomic E-state index is 13.6. The van der Waals surface area contributed by atoms with E-state index in [1.165, 1.54) is 19.1 Å². The topological polar surface area (TPSA) is 105 Å². The van der Waals surface area contributed by atoms with E-state index in [2.05, 4.69) is 15.2 Å². The van der Waals surface area contributed by atoms with Crippen LogP contribution >= 0.6 is 13.5 Å². The second kappa shape index (κ2) is 12.7. The number of amides is 2. The van der Waals surface area contributed by atoms with Crippen LogP contribution in [0.3, 0.4) is 0 Å². The molecular formula is C27H35FN6O2S. The normalized spacial score (nSPS) is 13.4. The number of nitrogens with zero attached hydrogens (tertiary/aromatic N) is 3. The van der Waals surface area contributed by atoms with E-state index in [1.807, 2.05) is 31.2 Å². The molecule has 4 rings (SSSR count). The van der Waals surface area contributed by atoms with Crippen molar-refractivity contribution in [2.75, 3.05) is 18.4 Å². The lowest BCUT2D eigenvalue weighted by molar-refractivity contribution is -0.134. The average molecular weight is 527 g/mol. The molecule has 1 aliphatic heterocycles. The first-order valence-corrected chi connectivity index (χ1v) is 12.3. The monoisotopic (exact) mass is 526 g/mol. The molecular weight excluding hydrogens is 491 g/mol. The third-order valence-corrected chi connectivity index (χ3v) is 6.35. The summed E-state index contributed by atoms with van der Waals surface area (Å²) in [4.78, 5) is 30.6. The lowest BCUT2D eigenvalue weighted by Crippen LogP contribution is -2.47. The van der Waals surface area contributed by atoms with E-state index in [4.69, 9.17) is 10.7 Å². The number of aromatic nitrogens is 2. The zero-order valence-corrected chi connectivity index (χ0v) is 22.3. The standard InChI is InChI=1S/C27H33FN6O2.H2S/c1-18-6-12-22(13-7-18)31-26-25(20-8-10-21(28)11-9-20)32-24-17-33(15-16-34(24)26)27(36)23(29)5-3-4-14-30-19(2)35;/h6-13,23,31H,3-5,14-17,29H2,1-2H3,(H,30,35);1H2/t23-;/m0./s1. The predicted molar refractivity (Wildman–Crippen MR) is 148 cm³/mol. The molecule has 8 nitrogen and oxygen atoms in total. The highest BCUT2D eigenvalue weighted by Gasteiger charge is 2.29. The number of rotatable bonds is 9. The summed E-state index contributed by atoms with van der Waals surface area (Å²) in [7, 11) is 0. The van der Waals surface area contributed by atoms with E-state index < -0.39 is 6.04 Å². The van der Waals surface area contributed by atoms with Crippen molar-refractivity contribution in [2.45, 2.75) is 52.2 Å². The molecule has 2 aromatic carbocycles. The molecule has 0 aliphatic carbocycles. The third-order valence-electron chi connectivity index (χ3n) is 6.35. The zero-order valence-electron chi connectivity index (χ0n) is 21.3. The number of carbonyl (C=O) groups excluding carboxylic acids is 2. The first-order chi connectivity index (χ1) is 17.3. The Bertz CT molecular complexity index is 1210. The number of aryl methyl sites for hydroxylation is 1. The van der Waals surface area contributed by atoms with Gasteiger partial charge in [-0.25, -0.2) is 9.37 Å². The minimum atomic E-state index is -0.592. The minimum absolute atomic E-state index is 0. The molecule has 37 heavy (non-hydrogen) atoms. The average Bonchev–Trinajstić information content (AvgIpc) is 3.22. The Balaban J connectivity index is 0.00000380. The molecule has 0 spiro atoms. The summed E-state index contributed by atoms with van der Waals surface area (Å²) in [6, 6.07) is 13.8. The van der Waals surface area contributed by atoms with Gasteiger partial charge in [0.25, 0.3) is 0 Å². The van der Waals surface area contributed by atoms with Crippen molar-refractivity contribution < 1.29 is 14.0 Å². The van der Waals surface area contributed by atoms with Crippen molar-refractivity contribution in [3.05, 3.63) is 65.7 Å². The molecule has 2 heterocycles. The molecule has 1 atom stereocenters. The van der Waals surface area contributed by atoms with Gasteiger partial charge in [-0.15, -0.1) is 0 Å². The number of imidazole rings is 1. The highest BCUT2D eigenvalue weighted by Crippen LogP contribution is 2.33. The number of fused-ring (bicyclic) bond motifs is 1. The number of nitrogens with two attached hydrogens (primary N) is 1. The molecule has 0 fully saturated rings. The first-order valence-electron chi connectivity index (χ1n) is 12.3. The maximum atomic E-state index is 13.6. The van der Waals surface area contributed by atoms with Crippen molar-refractivity contribution in [1.82, 2.24) is 19.8 Å². The Morgan fingerprint density at radius 3 is 2.46 bits per heavy atom. The van der Waals surface area contributed by atoms with Gasteiger partial charge in [-0.05, 0) is 62.6 Å². The van der Waals surface area contributed by atoms with E-state index >= 15 is 0 Å². The Labute approximate surface area is 223 Å². The van der Waals surface area contributed by atoms with E-state index in [0.29, 0.717) is 38.3 Å². The van der Waals surface area contributed by atoms with Crippen LogP contribution in [0.25, 0.3) is 11.3 Å². The molecule has 3 aromatic rings. The summed E-state index contributed by atoms with van der Waals surface area (Å²) >= 11 is 0. The Kier molecular flexibility index (Phi) is 9.71. The van der Waals surface area contributed by atoms with Crippen molar-refractivity contribution in [1.29, 1.82) is 0 Å². The Hall–Kier alpha value is -3.37. The van der Waals surface area contributed by atoms with Crippen LogP contribution in [0.1, 0.15) is 37.6 Å². The third kappa shape index (κ3) is 7.11. The molecule has 0 saturated carbocycles. The summed E-state index contributed by atoms with van der Waals surface area (Å²) < 4.78 is 15.7. The molecule has 1 aromatic heterocycles. The smallest absolute Gasteiger partial charge is 0.239 e. The number of halogens is 1. The van der Waals surface area contributed by atoms with Crippen molar-refractivity contribution in [3.8, 4) is 11.3 Å². The molecule has 2 amide bonds. The Morgan fingerprint density at radius 2 is 1.78 bits per heavy atom. The highest BCUT2D eigenvalue weighted by atomic mass is 32.1. The molecule has 0 bridgehead atoms. The van der Waals surface area contributed by atoms with Gasteiger partial charge in [0, 0.05) is 37.8 Å². The number of nitrogens with one attached hydrogen (secondary N) is 2. The molecule has 0 unspecified atom stereocenters. The summed E-state index contributed by atoms with van der Waals surface area (Å²) in [5.74, 6) is 1.10. The largest absolute Gasteiger partial charge is 0.356 e. The number of carbonyl (C=O) groups is 2. The fourth-order valence-electron chi connectivity index (χ4n) is 4.34. The molecule has 1 aliphatic rings. The van der Waals surface area contributed by atoms with Gasteiger partial charge in [-0.3, -0.25) is 9.59 Å². The van der Waals surface area contributed by atoms with Gasteiger partial charge in [0.2, 0.25) is 11.8 Å². The van der Waals surface area contributed by atoms with Crippen LogP contribution in [-0.4, -0.2) is 45.4 Å². The summed E-state index contributed by atoms with van der Waals surface area (Å²) in [6.07, 6.45) is 2.10. The van der Waals surface area contributed by atoms with Crippen LogP contribution < -0.4 is 16.4 Å². The van der Waals surface area contributed by atoms with Crippen LogP contribution in [0.5, 0.6) is 0 Å². The van der Waals surface area contributed by atoms with Crippen LogP contribution in [0.4, 0.5) is 15.9 Å². The van der Waals surface area contributed by atoms with Crippen molar-refractivity contribution >= 4 is 36.8 Å². The lowest BCUT2D eigenvalue weighted by atomic mass is 10.1. The van der Waals surface area contributed by atoms with Crippen LogP contribution in [0.2, 0.25) is 0 Å². The van der Waals surface area contributed by atoms with Gasteiger partial charge in [0.05, 0.1) is 12.6 Å². The van der Waals surface area contributed by atoms with Crippen LogP contribution in [-0.2, 0) is 22.7 Å². The minimum Gasteiger partial charge on any atom is -0.356 e. The van der Waals surface area contributed by atoms with Crippen LogP contribution in [0.15, 0.2) is 48.5 Å². The van der Waals surface area contributed by atoms with Gasteiger partial charge in [-0.1, -0.05) is 17.7 Å². The quantitative estimate of drug-likeness (QED) is 0.368. The van der Waals surface area contributed by atoms with Crippen molar-refractivity contribution in [2.24, 2.45) is 5.73 Å². The first kappa shape index (κ1) is 28.2. The summed E-state index contributed by atoms with van der Waals surface area (Å²) in [5.41, 5.74) is 9.80. The highest BCUT2D eigenvalue weighted by molar-refractivity contribution is 7.59. The molecule has 0 saturated heterocycles. The Morgan fingerprint density at radius 1 is 1.08 bits per heavy atom. The molecule has 4 N–H and O–H groups in total. The van der Waals surface area contributed by atoms with E-state index in [9.17, 15) is 14.0 Å². The van der Waals surface area contributed by atoms with Gasteiger partial charge in [0.15, 0.2) is 0 Å². The zero-order chi connectivity index (χ0) is 25.7.